The number of unbranched alkanes of at least 4 members (excludes halogenated alkanes) is 36. The van der Waals surface area contributed by atoms with E-state index in [1.54, 1.807) is 0 Å². The molecule has 0 aromatic heterocycles. The van der Waals surface area contributed by atoms with Gasteiger partial charge in [-0.3, -0.25) is 9.59 Å². The number of esters is 2. The Labute approximate surface area is 436 Å². The third kappa shape index (κ3) is 58.2. The third-order valence-electron chi connectivity index (χ3n) is 13.5. The van der Waals surface area contributed by atoms with Gasteiger partial charge in [-0.05, 0) is 109 Å². The fourth-order valence-electron chi connectivity index (χ4n) is 8.86. The zero-order chi connectivity index (χ0) is 50.6. The first kappa shape index (κ1) is 67.6. The normalized spacial score (nSPS) is 12.6. The van der Waals surface area contributed by atoms with Gasteiger partial charge in [0.05, 0.1) is 6.61 Å². The van der Waals surface area contributed by atoms with E-state index in [1.165, 1.54) is 225 Å². The number of hydrogen-bond donors (Lipinski definition) is 0. The Morgan fingerprint density at radius 1 is 0.314 bits per heavy atom. The van der Waals surface area contributed by atoms with Gasteiger partial charge < -0.3 is 14.2 Å². The molecule has 0 rings (SSSR count). The lowest BCUT2D eigenvalue weighted by Gasteiger charge is -2.18. The van der Waals surface area contributed by atoms with Crippen LogP contribution < -0.4 is 0 Å². The van der Waals surface area contributed by atoms with E-state index in [4.69, 9.17) is 14.2 Å². The van der Waals surface area contributed by atoms with E-state index in [-0.39, 0.29) is 25.2 Å². The van der Waals surface area contributed by atoms with Crippen LogP contribution in [0, 0.1) is 0 Å². The second-order valence-electron chi connectivity index (χ2n) is 20.6. The Hall–Kier alpha value is -2.40. The van der Waals surface area contributed by atoms with Crippen LogP contribution in [-0.4, -0.2) is 37.9 Å². The second-order valence-corrected chi connectivity index (χ2v) is 20.6. The van der Waals surface area contributed by atoms with Gasteiger partial charge in [0.1, 0.15) is 6.61 Å². The molecule has 0 saturated heterocycles. The summed E-state index contributed by atoms with van der Waals surface area (Å²) in [5, 5.41) is 0. The Balaban J connectivity index is 4.29. The van der Waals surface area contributed by atoms with Gasteiger partial charge in [0, 0.05) is 19.4 Å². The molecular weight excluding hydrogens is 861 g/mol. The van der Waals surface area contributed by atoms with Crippen LogP contribution in [0.1, 0.15) is 316 Å². The van der Waals surface area contributed by atoms with E-state index < -0.39 is 6.10 Å². The number of rotatable bonds is 57. The highest BCUT2D eigenvalue weighted by atomic mass is 16.6. The first-order chi connectivity index (χ1) is 34.6. The summed E-state index contributed by atoms with van der Waals surface area (Å²) in [6, 6.07) is 0. The van der Waals surface area contributed by atoms with E-state index in [2.05, 4.69) is 81.5 Å². The predicted molar refractivity (Wildman–Crippen MR) is 307 cm³/mol. The van der Waals surface area contributed by atoms with Gasteiger partial charge >= 0.3 is 11.9 Å². The van der Waals surface area contributed by atoms with Gasteiger partial charge in [-0.15, -0.1) is 0 Å². The Morgan fingerprint density at radius 2 is 0.600 bits per heavy atom. The maximum atomic E-state index is 12.9. The first-order valence-corrected chi connectivity index (χ1v) is 30.8. The van der Waals surface area contributed by atoms with Crippen LogP contribution in [0.25, 0.3) is 0 Å². The van der Waals surface area contributed by atoms with Crippen LogP contribution in [-0.2, 0) is 23.8 Å². The zero-order valence-electron chi connectivity index (χ0n) is 47.0. The monoisotopic (exact) mass is 979 g/mol. The molecule has 0 spiro atoms. The molecule has 0 aliphatic rings. The summed E-state index contributed by atoms with van der Waals surface area (Å²) < 4.78 is 17.5. The topological polar surface area (TPSA) is 61.8 Å². The SMILES string of the molecule is CCCCC/C=C\C/C=C\C/C=C\CCCCCCCCCOCC(COC(=O)CCCCCCCCC/C=C\CCCCCCCC)OC(=O)CCCCCCCCC/C=C\CCCCCCCC. The minimum atomic E-state index is -0.547. The van der Waals surface area contributed by atoms with E-state index >= 15 is 0 Å². The summed E-state index contributed by atoms with van der Waals surface area (Å²) in [5.74, 6) is -0.400. The van der Waals surface area contributed by atoms with Crippen LogP contribution >= 0.6 is 0 Å². The molecule has 0 fully saturated rings. The van der Waals surface area contributed by atoms with Gasteiger partial charge in [-0.2, -0.15) is 0 Å². The smallest absolute Gasteiger partial charge is 0.306 e. The van der Waals surface area contributed by atoms with E-state index in [0.29, 0.717) is 19.4 Å². The summed E-state index contributed by atoms with van der Waals surface area (Å²) in [6.45, 7) is 7.81. The summed E-state index contributed by atoms with van der Waals surface area (Å²) in [4.78, 5) is 25.6. The molecule has 0 aromatic rings. The summed E-state index contributed by atoms with van der Waals surface area (Å²) >= 11 is 0. The quantitative estimate of drug-likeness (QED) is 0.0345. The molecule has 1 unspecified atom stereocenters. The molecule has 0 aromatic carbocycles. The fourth-order valence-corrected chi connectivity index (χ4v) is 8.86. The molecule has 0 radical (unpaired) electrons. The number of ether oxygens (including phenoxy) is 3. The molecule has 5 heteroatoms. The van der Waals surface area contributed by atoms with Crippen molar-refractivity contribution in [1.82, 2.24) is 0 Å². The van der Waals surface area contributed by atoms with Crippen molar-refractivity contribution in [3.8, 4) is 0 Å². The van der Waals surface area contributed by atoms with Crippen LogP contribution in [0.3, 0.4) is 0 Å². The van der Waals surface area contributed by atoms with Gasteiger partial charge in [-0.25, -0.2) is 0 Å². The van der Waals surface area contributed by atoms with Gasteiger partial charge in [0.15, 0.2) is 6.10 Å². The molecule has 0 N–H and O–H groups in total. The highest BCUT2D eigenvalue weighted by Crippen LogP contribution is 2.15. The molecule has 1 atom stereocenters. The highest BCUT2D eigenvalue weighted by Gasteiger charge is 2.17. The molecule has 70 heavy (non-hydrogen) atoms. The van der Waals surface area contributed by atoms with Crippen molar-refractivity contribution in [2.24, 2.45) is 0 Å². The maximum Gasteiger partial charge on any atom is 0.306 e. The number of carbonyl (C=O) groups is 2. The molecule has 0 amide bonds. The van der Waals surface area contributed by atoms with Crippen molar-refractivity contribution in [1.29, 1.82) is 0 Å². The maximum absolute atomic E-state index is 12.9. The molecule has 0 heterocycles. The molecule has 5 nitrogen and oxygen atoms in total. The van der Waals surface area contributed by atoms with E-state index in [9.17, 15) is 9.59 Å². The lowest BCUT2D eigenvalue weighted by Crippen LogP contribution is -2.30. The predicted octanol–water partition coefficient (Wildman–Crippen LogP) is 21.2. The van der Waals surface area contributed by atoms with Crippen molar-refractivity contribution in [2.45, 2.75) is 322 Å². The third-order valence-corrected chi connectivity index (χ3v) is 13.5. The van der Waals surface area contributed by atoms with Crippen LogP contribution in [0.4, 0.5) is 0 Å². The molecule has 0 bridgehead atoms. The Morgan fingerprint density at radius 3 is 1.00 bits per heavy atom. The second kappa shape index (κ2) is 60.9. The minimum absolute atomic E-state index is 0.0783. The standard InChI is InChI=1S/C65H118O5/c1-4-7-10-13-16-19-22-25-28-31-32-33-36-39-42-45-48-51-54-57-60-68-61-63(70-65(67)59-56-53-50-47-44-41-38-35-30-27-24-21-18-15-12-9-6-3)62-69-64(66)58-55-52-49-46-43-40-37-34-29-26-23-20-17-14-11-8-5-2/h16,19,25-30,32-33,63H,4-15,17-18,20-24,31,34-62H2,1-3H3/b19-16-,28-25-,29-26-,30-27-,33-32-. The summed E-state index contributed by atoms with van der Waals surface area (Å²) in [7, 11) is 0. The van der Waals surface area contributed by atoms with Crippen molar-refractivity contribution >= 4 is 11.9 Å². The molecule has 0 aliphatic carbocycles. The largest absolute Gasteiger partial charge is 0.462 e. The molecule has 0 saturated carbocycles. The molecular formula is C65H118O5. The van der Waals surface area contributed by atoms with Crippen LogP contribution in [0.2, 0.25) is 0 Å². The molecule has 0 aliphatic heterocycles. The fraction of sp³-hybridized carbons (Fsp3) is 0.815. The van der Waals surface area contributed by atoms with Crippen molar-refractivity contribution in [2.75, 3.05) is 19.8 Å². The Bertz CT molecular complexity index is 1200. The van der Waals surface area contributed by atoms with Crippen LogP contribution in [0.5, 0.6) is 0 Å². The van der Waals surface area contributed by atoms with Gasteiger partial charge in [0.25, 0.3) is 0 Å². The Kier molecular flexibility index (Phi) is 58.8. The van der Waals surface area contributed by atoms with Gasteiger partial charge in [0.2, 0.25) is 0 Å². The zero-order valence-corrected chi connectivity index (χ0v) is 47.0. The van der Waals surface area contributed by atoms with Crippen molar-refractivity contribution < 1.29 is 23.8 Å². The minimum Gasteiger partial charge on any atom is -0.462 e. The molecule has 408 valence electrons. The highest BCUT2D eigenvalue weighted by molar-refractivity contribution is 5.70. The average molecular weight is 980 g/mol. The van der Waals surface area contributed by atoms with Crippen molar-refractivity contribution in [3.63, 3.8) is 0 Å². The van der Waals surface area contributed by atoms with Crippen LogP contribution in [0.15, 0.2) is 60.8 Å². The summed E-state index contributed by atoms with van der Waals surface area (Å²) in [5.41, 5.74) is 0. The lowest BCUT2D eigenvalue weighted by molar-refractivity contribution is -0.163. The number of allylic oxidation sites excluding steroid dienone is 10. The first-order valence-electron chi connectivity index (χ1n) is 30.8. The van der Waals surface area contributed by atoms with E-state index in [0.717, 1.165) is 57.8 Å². The lowest BCUT2D eigenvalue weighted by atomic mass is 10.1. The van der Waals surface area contributed by atoms with Gasteiger partial charge in [-0.1, -0.05) is 255 Å². The average Bonchev–Trinajstić information content (AvgIpc) is 3.36. The van der Waals surface area contributed by atoms with E-state index in [1.807, 2.05) is 0 Å². The van der Waals surface area contributed by atoms with Crippen molar-refractivity contribution in [3.05, 3.63) is 60.8 Å². The number of hydrogen-bond acceptors (Lipinski definition) is 5. The number of carbonyl (C=O) groups excluding carboxylic acids is 2. The summed E-state index contributed by atoms with van der Waals surface area (Å²) in [6.07, 6.45) is 78.2.